The highest BCUT2D eigenvalue weighted by Gasteiger charge is 2.30. The molecule has 1 amide bonds. The van der Waals surface area contributed by atoms with E-state index < -0.39 is 0 Å². The van der Waals surface area contributed by atoms with Crippen molar-refractivity contribution in [1.29, 1.82) is 0 Å². The summed E-state index contributed by atoms with van der Waals surface area (Å²) in [7, 11) is 1.68. The van der Waals surface area contributed by atoms with Crippen LogP contribution in [0, 0.1) is 5.92 Å². The summed E-state index contributed by atoms with van der Waals surface area (Å²) in [6.45, 7) is 0.647. The van der Waals surface area contributed by atoms with Crippen molar-refractivity contribution in [3.05, 3.63) is 83.9 Å². The maximum absolute atomic E-state index is 12.7. The molecule has 35 heavy (non-hydrogen) atoms. The molecule has 0 unspecified atom stereocenters. The van der Waals surface area contributed by atoms with Crippen molar-refractivity contribution >= 4 is 5.91 Å². The van der Waals surface area contributed by atoms with Crippen molar-refractivity contribution in [2.45, 2.75) is 50.5 Å². The normalized spacial score (nSPS) is 20.3. The first-order valence-corrected chi connectivity index (χ1v) is 12.6. The Morgan fingerprint density at radius 1 is 0.886 bits per heavy atom. The number of piperidine rings is 1. The standard InChI is InChI=1S/C30H33NO4/c1-33-28-16-13-22(19-29(28)35-26-9-5-6-10-26)24-18-23(30(32)31-20-24)17-21-11-14-27(15-12-21)34-25-7-3-2-4-8-25/h2-4,7-8,11-16,19,23-24,26H,5-6,9-10,17-18,20H2,1H3,(H,31,32)/t23-,24-/m1/s1. The summed E-state index contributed by atoms with van der Waals surface area (Å²) in [5.41, 5.74) is 2.32. The van der Waals surface area contributed by atoms with E-state index in [1.165, 1.54) is 18.4 Å². The van der Waals surface area contributed by atoms with Crippen molar-refractivity contribution in [1.82, 2.24) is 5.32 Å². The Bertz CT molecular complexity index is 1120. The van der Waals surface area contributed by atoms with E-state index in [1.54, 1.807) is 7.11 Å². The van der Waals surface area contributed by atoms with Crippen LogP contribution in [0.1, 0.15) is 49.1 Å². The summed E-state index contributed by atoms with van der Waals surface area (Å²) >= 11 is 0. The molecule has 0 radical (unpaired) electrons. The molecule has 182 valence electrons. The van der Waals surface area contributed by atoms with Gasteiger partial charge in [-0.25, -0.2) is 0 Å². The van der Waals surface area contributed by atoms with E-state index in [2.05, 4.69) is 29.6 Å². The third kappa shape index (κ3) is 5.79. The summed E-state index contributed by atoms with van der Waals surface area (Å²) < 4.78 is 17.8. The number of hydrogen-bond donors (Lipinski definition) is 1. The van der Waals surface area contributed by atoms with Crippen LogP contribution in [0.4, 0.5) is 0 Å². The van der Waals surface area contributed by atoms with E-state index in [-0.39, 0.29) is 23.8 Å². The molecule has 0 bridgehead atoms. The van der Waals surface area contributed by atoms with Crippen LogP contribution in [-0.4, -0.2) is 25.7 Å². The zero-order valence-electron chi connectivity index (χ0n) is 20.2. The third-order valence-corrected chi connectivity index (χ3v) is 7.10. The van der Waals surface area contributed by atoms with Crippen LogP contribution < -0.4 is 19.5 Å². The molecular formula is C30H33NO4. The van der Waals surface area contributed by atoms with Gasteiger partial charge in [0.25, 0.3) is 0 Å². The molecule has 2 fully saturated rings. The van der Waals surface area contributed by atoms with Gasteiger partial charge in [0, 0.05) is 18.4 Å². The second-order valence-corrected chi connectivity index (χ2v) is 9.57. The van der Waals surface area contributed by atoms with Crippen LogP contribution in [0.5, 0.6) is 23.0 Å². The highest BCUT2D eigenvalue weighted by molar-refractivity contribution is 5.80. The number of nitrogens with one attached hydrogen (secondary N) is 1. The van der Waals surface area contributed by atoms with Crippen LogP contribution >= 0.6 is 0 Å². The number of rotatable bonds is 8. The molecule has 1 N–H and O–H groups in total. The zero-order chi connectivity index (χ0) is 24.0. The van der Waals surface area contributed by atoms with Crippen LogP contribution in [-0.2, 0) is 11.2 Å². The topological polar surface area (TPSA) is 56.8 Å². The molecule has 1 saturated heterocycles. The van der Waals surface area contributed by atoms with Gasteiger partial charge in [-0.3, -0.25) is 4.79 Å². The minimum atomic E-state index is -0.0732. The molecule has 5 heteroatoms. The lowest BCUT2D eigenvalue weighted by Gasteiger charge is -2.30. The van der Waals surface area contributed by atoms with E-state index in [0.717, 1.165) is 47.8 Å². The predicted molar refractivity (Wildman–Crippen MR) is 136 cm³/mol. The van der Waals surface area contributed by atoms with Crippen LogP contribution in [0.25, 0.3) is 0 Å². The molecule has 1 aliphatic carbocycles. The molecule has 0 spiro atoms. The van der Waals surface area contributed by atoms with Gasteiger partial charge < -0.3 is 19.5 Å². The number of hydrogen-bond acceptors (Lipinski definition) is 4. The van der Waals surface area contributed by atoms with Crippen molar-refractivity contribution in [3.63, 3.8) is 0 Å². The quantitative estimate of drug-likeness (QED) is 0.421. The number of carbonyl (C=O) groups is 1. The Labute approximate surface area is 207 Å². The first kappa shape index (κ1) is 23.3. The minimum absolute atomic E-state index is 0.0732. The number of para-hydroxylation sites is 1. The number of amides is 1. The van der Waals surface area contributed by atoms with Gasteiger partial charge in [0.2, 0.25) is 5.91 Å². The average molecular weight is 472 g/mol. The Morgan fingerprint density at radius 2 is 1.63 bits per heavy atom. The van der Waals surface area contributed by atoms with E-state index in [9.17, 15) is 4.79 Å². The van der Waals surface area contributed by atoms with Crippen LogP contribution in [0.2, 0.25) is 0 Å². The molecular weight excluding hydrogens is 438 g/mol. The Kier molecular flexibility index (Phi) is 7.22. The number of methoxy groups -OCH3 is 1. The summed E-state index contributed by atoms with van der Waals surface area (Å²) in [4.78, 5) is 12.7. The van der Waals surface area contributed by atoms with Gasteiger partial charge >= 0.3 is 0 Å². The van der Waals surface area contributed by atoms with E-state index in [4.69, 9.17) is 14.2 Å². The maximum Gasteiger partial charge on any atom is 0.223 e. The Balaban J connectivity index is 1.25. The zero-order valence-corrected chi connectivity index (χ0v) is 20.2. The lowest BCUT2D eigenvalue weighted by molar-refractivity contribution is -0.126. The van der Waals surface area contributed by atoms with E-state index in [0.29, 0.717) is 13.0 Å². The summed E-state index contributed by atoms with van der Waals surface area (Å²) in [5.74, 6) is 3.49. The van der Waals surface area contributed by atoms with Gasteiger partial charge in [-0.15, -0.1) is 0 Å². The SMILES string of the molecule is COc1ccc([C@H]2CNC(=O)[C@H](Cc3ccc(Oc4ccccc4)cc3)C2)cc1OC1CCCC1. The van der Waals surface area contributed by atoms with Crippen LogP contribution in [0.3, 0.4) is 0 Å². The molecule has 3 aromatic carbocycles. The Morgan fingerprint density at radius 3 is 2.37 bits per heavy atom. The average Bonchev–Trinajstić information content (AvgIpc) is 3.40. The molecule has 5 rings (SSSR count). The smallest absolute Gasteiger partial charge is 0.223 e. The largest absolute Gasteiger partial charge is 0.493 e. The fourth-order valence-corrected chi connectivity index (χ4v) is 5.16. The van der Waals surface area contributed by atoms with Gasteiger partial charge in [0.05, 0.1) is 13.2 Å². The Hall–Kier alpha value is -3.47. The van der Waals surface area contributed by atoms with Gasteiger partial charge in [-0.05, 0) is 86.1 Å². The van der Waals surface area contributed by atoms with Gasteiger partial charge in [0.1, 0.15) is 11.5 Å². The number of benzene rings is 3. The van der Waals surface area contributed by atoms with Crippen molar-refractivity contribution in [2.24, 2.45) is 5.92 Å². The van der Waals surface area contributed by atoms with Crippen molar-refractivity contribution in [2.75, 3.05) is 13.7 Å². The molecule has 1 heterocycles. The predicted octanol–water partition coefficient (Wildman–Crippen LogP) is 6.27. The molecule has 1 saturated carbocycles. The van der Waals surface area contributed by atoms with Crippen molar-refractivity contribution < 1.29 is 19.0 Å². The molecule has 2 atom stereocenters. The van der Waals surface area contributed by atoms with Gasteiger partial charge in [-0.1, -0.05) is 36.4 Å². The fraction of sp³-hybridized carbons (Fsp3) is 0.367. The lowest BCUT2D eigenvalue weighted by Crippen LogP contribution is -2.41. The second kappa shape index (κ2) is 10.9. The number of carbonyl (C=O) groups excluding carboxylic acids is 1. The summed E-state index contributed by atoms with van der Waals surface area (Å²) in [6, 6.07) is 24.0. The molecule has 2 aliphatic rings. The van der Waals surface area contributed by atoms with Gasteiger partial charge in [-0.2, -0.15) is 0 Å². The number of ether oxygens (including phenoxy) is 3. The maximum atomic E-state index is 12.7. The van der Waals surface area contributed by atoms with E-state index in [1.807, 2.05) is 48.5 Å². The van der Waals surface area contributed by atoms with Crippen molar-refractivity contribution in [3.8, 4) is 23.0 Å². The molecule has 5 nitrogen and oxygen atoms in total. The van der Waals surface area contributed by atoms with Crippen LogP contribution in [0.15, 0.2) is 72.8 Å². The second-order valence-electron chi connectivity index (χ2n) is 9.57. The fourth-order valence-electron chi connectivity index (χ4n) is 5.16. The molecule has 0 aromatic heterocycles. The molecule has 1 aliphatic heterocycles. The first-order valence-electron chi connectivity index (χ1n) is 12.6. The minimum Gasteiger partial charge on any atom is -0.493 e. The highest BCUT2D eigenvalue weighted by Crippen LogP contribution is 2.37. The summed E-state index contributed by atoms with van der Waals surface area (Å²) in [6.07, 6.45) is 6.43. The van der Waals surface area contributed by atoms with Gasteiger partial charge in [0.15, 0.2) is 11.5 Å². The summed E-state index contributed by atoms with van der Waals surface area (Å²) in [5, 5.41) is 3.13. The van der Waals surface area contributed by atoms with E-state index >= 15 is 0 Å². The highest BCUT2D eigenvalue weighted by atomic mass is 16.5. The first-order chi connectivity index (χ1) is 17.2. The monoisotopic (exact) mass is 471 g/mol. The third-order valence-electron chi connectivity index (χ3n) is 7.10. The molecule has 3 aromatic rings. The lowest BCUT2D eigenvalue weighted by atomic mass is 9.82.